The molecule has 0 N–H and O–H groups in total. The van der Waals surface area contributed by atoms with Gasteiger partial charge in [0.25, 0.3) is 0 Å². The second-order valence-electron chi connectivity index (χ2n) is 13.8. The summed E-state index contributed by atoms with van der Waals surface area (Å²) in [5.74, 6) is 0.159. The van der Waals surface area contributed by atoms with E-state index >= 15 is 0 Å². The standard InChI is InChI=1S/C50H35NS2/c1-2-32-28-45(35-21-23-42-40-17-9-11-19-47(40)52-49(42)29-35)51-46(36-22-24-43-41-18-10-12-20-48(41)53-50(43)30-36)31-44(32)39-26-37(33-13-5-3-6-14-33)25-38(27-39)34-15-7-4-8-16-34/h3-32H,2H2,1H3. The lowest BCUT2D eigenvalue weighted by Gasteiger charge is -2.19. The fourth-order valence-corrected chi connectivity index (χ4v) is 10.1. The van der Waals surface area contributed by atoms with Gasteiger partial charge in [-0.1, -0.05) is 134 Å². The van der Waals surface area contributed by atoms with Crippen LogP contribution in [0, 0.1) is 5.92 Å². The molecule has 1 aliphatic heterocycles. The van der Waals surface area contributed by atoms with Gasteiger partial charge < -0.3 is 0 Å². The molecule has 0 aliphatic carbocycles. The van der Waals surface area contributed by atoms with Crippen molar-refractivity contribution in [1.82, 2.24) is 0 Å². The van der Waals surface area contributed by atoms with Gasteiger partial charge in [0.05, 0.1) is 11.4 Å². The van der Waals surface area contributed by atoms with E-state index in [0.717, 1.165) is 29.0 Å². The van der Waals surface area contributed by atoms with E-state index in [4.69, 9.17) is 4.99 Å². The van der Waals surface area contributed by atoms with Gasteiger partial charge in [0.2, 0.25) is 0 Å². The van der Waals surface area contributed by atoms with E-state index in [9.17, 15) is 0 Å². The first-order valence-electron chi connectivity index (χ1n) is 18.3. The third kappa shape index (κ3) is 5.83. The van der Waals surface area contributed by atoms with Crippen molar-refractivity contribution >= 4 is 80.0 Å². The molecule has 0 radical (unpaired) electrons. The highest BCUT2D eigenvalue weighted by Gasteiger charge is 2.22. The smallest absolute Gasteiger partial charge is 0.0713 e. The molecule has 1 atom stereocenters. The van der Waals surface area contributed by atoms with Crippen molar-refractivity contribution in [1.29, 1.82) is 0 Å². The second kappa shape index (κ2) is 13.3. The van der Waals surface area contributed by atoms with Gasteiger partial charge in [-0.2, -0.15) is 0 Å². The van der Waals surface area contributed by atoms with Crippen LogP contribution in [0.4, 0.5) is 0 Å². The number of allylic oxidation sites excluding steroid dienone is 3. The van der Waals surface area contributed by atoms with Crippen molar-refractivity contribution in [2.45, 2.75) is 13.3 Å². The number of aliphatic imine (C=N–C) groups is 1. The van der Waals surface area contributed by atoms with E-state index in [0.29, 0.717) is 0 Å². The summed E-state index contributed by atoms with van der Waals surface area (Å²) in [6.45, 7) is 2.30. The van der Waals surface area contributed by atoms with Crippen molar-refractivity contribution in [3.8, 4) is 22.3 Å². The molecule has 1 unspecified atom stereocenters. The second-order valence-corrected chi connectivity index (χ2v) is 16.0. The minimum absolute atomic E-state index is 0.159. The van der Waals surface area contributed by atoms with Gasteiger partial charge in [-0.05, 0) is 88.4 Å². The quantitative estimate of drug-likeness (QED) is 0.163. The molecular weight excluding hydrogens is 679 g/mol. The summed E-state index contributed by atoms with van der Waals surface area (Å²) in [5, 5.41) is 5.23. The van der Waals surface area contributed by atoms with Crippen LogP contribution in [-0.4, -0.2) is 5.71 Å². The summed E-state index contributed by atoms with van der Waals surface area (Å²) < 4.78 is 5.21. The predicted octanol–water partition coefficient (Wildman–Crippen LogP) is 14.7. The summed E-state index contributed by atoms with van der Waals surface area (Å²) in [6.07, 6.45) is 5.75. The van der Waals surface area contributed by atoms with Crippen molar-refractivity contribution in [3.63, 3.8) is 0 Å². The van der Waals surface area contributed by atoms with Crippen LogP contribution in [0.15, 0.2) is 181 Å². The Kier molecular flexibility index (Phi) is 7.97. The number of rotatable bonds is 6. The van der Waals surface area contributed by atoms with Crippen LogP contribution in [-0.2, 0) is 0 Å². The number of hydrogen-bond donors (Lipinski definition) is 0. The Hall–Kier alpha value is -5.87. The summed E-state index contributed by atoms with van der Waals surface area (Å²) in [6, 6.07) is 59.9. The van der Waals surface area contributed by atoms with Crippen LogP contribution in [0.2, 0.25) is 0 Å². The van der Waals surface area contributed by atoms with Gasteiger partial charge in [0.1, 0.15) is 0 Å². The highest BCUT2D eigenvalue weighted by Crippen LogP contribution is 2.41. The molecule has 1 aliphatic rings. The SMILES string of the molecule is CCC1C=C(c2ccc3c(c2)sc2ccccc23)N=C(c2ccc3c(c2)sc2ccccc23)C=C1c1cc(-c2ccccc2)cc(-c2ccccc2)c1. The van der Waals surface area contributed by atoms with Gasteiger partial charge in [0.15, 0.2) is 0 Å². The number of thiophene rings is 2. The Balaban J connectivity index is 1.19. The Morgan fingerprint density at radius 2 is 0.925 bits per heavy atom. The summed E-state index contributed by atoms with van der Waals surface area (Å²) in [4.78, 5) is 5.58. The normalized spacial score (nSPS) is 14.7. The highest BCUT2D eigenvalue weighted by molar-refractivity contribution is 7.26. The third-order valence-corrected chi connectivity index (χ3v) is 12.8. The average Bonchev–Trinajstić information content (AvgIpc) is 3.71. The molecule has 0 fully saturated rings. The summed E-state index contributed by atoms with van der Waals surface area (Å²) >= 11 is 3.72. The lowest BCUT2D eigenvalue weighted by Crippen LogP contribution is -2.03. The Labute approximate surface area is 317 Å². The fraction of sp³-hybridized carbons (Fsp3) is 0.0600. The number of nitrogens with zero attached hydrogens (tertiary/aromatic N) is 1. The monoisotopic (exact) mass is 713 g/mol. The first kappa shape index (κ1) is 31.8. The van der Waals surface area contributed by atoms with E-state index < -0.39 is 0 Å². The molecule has 2 aromatic heterocycles. The number of fused-ring (bicyclic) bond motifs is 6. The zero-order chi connectivity index (χ0) is 35.3. The Morgan fingerprint density at radius 3 is 1.51 bits per heavy atom. The largest absolute Gasteiger partial charge is 0.248 e. The van der Waals surface area contributed by atoms with Crippen LogP contribution in [0.5, 0.6) is 0 Å². The molecule has 3 heteroatoms. The van der Waals surface area contributed by atoms with Gasteiger partial charge in [-0.25, -0.2) is 4.99 Å². The average molecular weight is 714 g/mol. The Morgan fingerprint density at radius 1 is 0.434 bits per heavy atom. The van der Waals surface area contributed by atoms with Crippen molar-refractivity contribution in [2.75, 3.05) is 0 Å². The van der Waals surface area contributed by atoms with E-state index in [1.54, 1.807) is 0 Å². The summed E-state index contributed by atoms with van der Waals surface area (Å²) in [5.41, 5.74) is 11.7. The maximum absolute atomic E-state index is 5.58. The molecular formula is C50H35NS2. The molecule has 7 aromatic carbocycles. The molecule has 53 heavy (non-hydrogen) atoms. The highest BCUT2D eigenvalue weighted by atomic mass is 32.1. The topological polar surface area (TPSA) is 12.4 Å². The van der Waals surface area contributed by atoms with Gasteiger partial charge >= 0.3 is 0 Å². The van der Waals surface area contributed by atoms with Gasteiger partial charge in [0, 0.05) is 57.4 Å². The Bertz CT molecular complexity index is 2860. The summed E-state index contributed by atoms with van der Waals surface area (Å²) in [7, 11) is 0. The van der Waals surface area contributed by atoms with Gasteiger partial charge in [-0.15, -0.1) is 22.7 Å². The van der Waals surface area contributed by atoms with E-state index in [2.05, 4.69) is 183 Å². The van der Waals surface area contributed by atoms with Crippen LogP contribution in [0.3, 0.4) is 0 Å². The molecule has 9 aromatic rings. The van der Waals surface area contributed by atoms with E-state index in [-0.39, 0.29) is 5.92 Å². The molecule has 3 heterocycles. The predicted molar refractivity (Wildman–Crippen MR) is 232 cm³/mol. The van der Waals surface area contributed by atoms with Crippen molar-refractivity contribution < 1.29 is 0 Å². The molecule has 0 saturated carbocycles. The van der Waals surface area contributed by atoms with Crippen LogP contribution in [0.25, 0.3) is 73.9 Å². The van der Waals surface area contributed by atoms with Gasteiger partial charge in [-0.3, -0.25) is 0 Å². The maximum atomic E-state index is 5.58. The van der Waals surface area contributed by atoms with Crippen LogP contribution >= 0.6 is 22.7 Å². The zero-order valence-corrected chi connectivity index (χ0v) is 30.9. The first-order valence-corrected chi connectivity index (χ1v) is 19.9. The molecule has 0 bridgehead atoms. The number of benzene rings is 7. The first-order chi connectivity index (χ1) is 26.2. The lowest BCUT2D eigenvalue weighted by molar-refractivity contribution is 0.795. The maximum Gasteiger partial charge on any atom is 0.0713 e. The third-order valence-electron chi connectivity index (χ3n) is 10.6. The molecule has 0 saturated heterocycles. The molecule has 0 amide bonds. The van der Waals surface area contributed by atoms with E-state index in [1.807, 2.05) is 22.7 Å². The molecule has 252 valence electrons. The molecule has 10 rings (SSSR count). The molecule has 0 spiro atoms. The van der Waals surface area contributed by atoms with Crippen molar-refractivity contribution in [2.24, 2.45) is 10.9 Å². The molecule has 1 nitrogen and oxygen atoms in total. The van der Waals surface area contributed by atoms with E-state index in [1.165, 1.54) is 73.7 Å². The minimum Gasteiger partial charge on any atom is -0.248 e. The number of hydrogen-bond acceptors (Lipinski definition) is 3. The lowest BCUT2D eigenvalue weighted by atomic mass is 9.85. The fourth-order valence-electron chi connectivity index (χ4n) is 7.84. The minimum atomic E-state index is 0.159. The van der Waals surface area contributed by atoms with Crippen LogP contribution in [0.1, 0.15) is 30.0 Å². The van der Waals surface area contributed by atoms with Crippen molar-refractivity contribution in [3.05, 3.63) is 193 Å². The van der Waals surface area contributed by atoms with Crippen LogP contribution < -0.4 is 0 Å². The zero-order valence-electron chi connectivity index (χ0n) is 29.3.